The Balaban J connectivity index is 0.672. The van der Waals surface area contributed by atoms with E-state index in [1.54, 1.807) is 43.2 Å². The van der Waals surface area contributed by atoms with E-state index in [2.05, 4.69) is 47.6 Å². The molecule has 84 heavy (non-hydrogen) atoms. The highest BCUT2D eigenvalue weighted by Crippen LogP contribution is 2.64. The van der Waals surface area contributed by atoms with E-state index in [1.807, 2.05) is 12.1 Å². The molecule has 2 aromatic carbocycles. The van der Waals surface area contributed by atoms with Crippen LogP contribution in [0.1, 0.15) is 125 Å². The van der Waals surface area contributed by atoms with Crippen molar-refractivity contribution in [2.45, 2.75) is 176 Å². The van der Waals surface area contributed by atoms with E-state index in [0.717, 1.165) is 98.7 Å². The van der Waals surface area contributed by atoms with Gasteiger partial charge >= 0.3 is 48.3 Å². The summed E-state index contributed by atoms with van der Waals surface area (Å²) in [6.07, 6.45) is -32.7. The fraction of sp³-hybridized carbons (Fsp3) is 0.786. The number of fused-ring (bicyclic) bond motifs is 10. The van der Waals surface area contributed by atoms with Crippen LogP contribution in [0.4, 0.5) is 79.0 Å². The van der Waals surface area contributed by atoms with Crippen molar-refractivity contribution in [2.75, 3.05) is 62.7 Å². The van der Waals surface area contributed by atoms with Crippen LogP contribution in [0.5, 0.6) is 11.5 Å². The van der Waals surface area contributed by atoms with Gasteiger partial charge in [-0.2, -0.15) is 79.0 Å². The monoisotopic (exact) mass is 1310 g/mol. The highest BCUT2D eigenvalue weighted by Gasteiger charge is 2.86. The van der Waals surface area contributed by atoms with Crippen molar-refractivity contribution < 1.29 is 107 Å². The summed E-state index contributed by atoms with van der Waals surface area (Å²) in [6, 6.07) is 12.5. The molecule has 0 radical (unpaired) electrons. The number of halogens is 18. The van der Waals surface area contributed by atoms with Crippen molar-refractivity contribution in [2.24, 2.45) is 34.5 Å². The summed E-state index contributed by atoms with van der Waals surface area (Å²) >= 11 is 0. The molecule has 4 fully saturated rings. The first kappa shape index (κ1) is 67.9. The van der Waals surface area contributed by atoms with E-state index < -0.39 is 74.3 Å². The Kier molecular flexibility index (Phi) is 21.4. The molecule has 28 heteroatoms. The predicted molar refractivity (Wildman–Crippen MR) is 285 cm³/mol. The number of alkyl halides is 18. The summed E-state index contributed by atoms with van der Waals surface area (Å²) in [4.78, 5) is 0. The van der Waals surface area contributed by atoms with Gasteiger partial charge in [0.25, 0.3) is 0 Å². The Labute approximate surface area is 491 Å². The van der Waals surface area contributed by atoms with Crippen molar-refractivity contribution in [1.82, 2.24) is 0 Å². The lowest BCUT2D eigenvalue weighted by atomic mass is 9.55. The van der Waals surface area contributed by atoms with Crippen molar-refractivity contribution in [3.05, 3.63) is 58.7 Å². The Bertz CT molecular complexity index is 2250. The lowest BCUT2D eigenvalue weighted by Crippen LogP contribution is -2.67. The summed E-state index contributed by atoms with van der Waals surface area (Å²) in [6.45, 7) is 1.67. The average Bonchev–Trinajstić information content (AvgIpc) is 1.13. The third-order valence-electron chi connectivity index (χ3n) is 18.8. The van der Waals surface area contributed by atoms with Crippen LogP contribution in [0.3, 0.4) is 0 Å². The minimum absolute atomic E-state index is 0.263. The quantitative estimate of drug-likeness (QED) is 0.0546. The van der Waals surface area contributed by atoms with E-state index in [0.29, 0.717) is 49.7 Å². The van der Waals surface area contributed by atoms with Gasteiger partial charge in [0.1, 0.15) is 11.5 Å². The second kappa shape index (κ2) is 26.5. The van der Waals surface area contributed by atoms with Crippen LogP contribution in [0.2, 0.25) is 0 Å². The maximum absolute atomic E-state index is 13.3. The Morgan fingerprint density at radius 1 is 0.417 bits per heavy atom. The van der Waals surface area contributed by atoms with Crippen LogP contribution in [0.25, 0.3) is 0 Å². The molecule has 0 amide bonds. The molecule has 2 aromatic rings. The Morgan fingerprint density at radius 2 is 0.762 bits per heavy atom. The van der Waals surface area contributed by atoms with E-state index in [9.17, 15) is 79.0 Å². The average molecular weight is 1310 g/mol. The molecule has 0 aromatic heterocycles. The second-order valence-corrected chi connectivity index (χ2v) is 28.7. The standard InChI is InChI=1S/C56H68F18O6S4/c1-47-19-17-39-37-11-7-35(31-33(37)5-9-41(39)43(47)13-15-45(47)77-21-3-23-79-49(51(57,58)59,52(60,61)62)53(63,64)65)75-25-27-81-83-29-30-84-82-28-26-76-36-8-12-38-34(32-36)6-10-42-40(38)18-20-48(2)44(42)14-16-46(48)78-22-4-24-80-50(54(66,67)68,55(69,70)71)56(72,73)74/h7-8,11-12,31-32,39-46H,3-6,9-10,13-30H2,1-2H3. The topological polar surface area (TPSA) is 55.4 Å². The third-order valence-corrected chi connectivity index (χ3v) is 23.8. The zero-order valence-electron chi connectivity index (χ0n) is 45.9. The second-order valence-electron chi connectivity index (χ2n) is 23.3. The van der Waals surface area contributed by atoms with Gasteiger partial charge in [0, 0.05) is 36.2 Å². The zero-order chi connectivity index (χ0) is 61.4. The van der Waals surface area contributed by atoms with Crippen LogP contribution in [-0.2, 0) is 31.8 Å². The molecular weight excluding hydrogens is 1240 g/mol. The molecule has 0 spiro atoms. The molecule has 6 aliphatic rings. The lowest BCUT2D eigenvalue weighted by Gasteiger charge is -2.50. The van der Waals surface area contributed by atoms with Crippen LogP contribution in [-0.4, -0.2) is 123 Å². The summed E-state index contributed by atoms with van der Waals surface area (Å²) in [5.41, 5.74) is -8.13. The number of hydrogen-bond donors (Lipinski definition) is 0. The first-order valence-electron chi connectivity index (χ1n) is 28.1. The van der Waals surface area contributed by atoms with Crippen molar-refractivity contribution in [1.29, 1.82) is 0 Å². The smallest absolute Gasteiger partial charge is 0.435 e. The molecule has 0 N–H and O–H groups in total. The summed E-state index contributed by atoms with van der Waals surface area (Å²) in [7, 11) is 7.05. The number of benzene rings is 2. The molecule has 10 unspecified atom stereocenters. The minimum Gasteiger partial charge on any atom is -0.493 e. The lowest BCUT2D eigenvalue weighted by molar-refractivity contribution is -0.458. The molecule has 8 rings (SSSR count). The van der Waals surface area contributed by atoms with Gasteiger partial charge in [0.15, 0.2) is 0 Å². The van der Waals surface area contributed by atoms with Gasteiger partial charge < -0.3 is 28.4 Å². The summed E-state index contributed by atoms with van der Waals surface area (Å²) < 4.78 is 270. The van der Waals surface area contributed by atoms with Crippen LogP contribution in [0.15, 0.2) is 36.4 Å². The third kappa shape index (κ3) is 13.7. The predicted octanol–water partition coefficient (Wildman–Crippen LogP) is 18.1. The Morgan fingerprint density at radius 3 is 1.11 bits per heavy atom. The fourth-order valence-electron chi connectivity index (χ4n) is 14.9. The SMILES string of the molecule is CC12CCC3c4ccc(OCCSSCCSSCCOc5ccc6c(c5)CCC5C6CCC6(C)C(OCCCOC(C(F)(F)F)(C(F)(F)F)C(F)(F)F)CCC56)cc4CCC3C1CCC2OCCCOC(C(F)(F)F)(C(F)(F)F)C(F)(F)F. The van der Waals surface area contributed by atoms with Gasteiger partial charge in [-0.15, -0.1) is 0 Å². The molecule has 0 bridgehead atoms. The van der Waals surface area contributed by atoms with E-state index in [4.69, 9.17) is 18.9 Å². The maximum Gasteiger partial charge on any atom is 0.435 e. The molecule has 10 atom stereocenters. The van der Waals surface area contributed by atoms with E-state index in [1.165, 1.54) is 22.3 Å². The van der Waals surface area contributed by atoms with Gasteiger partial charge in [-0.25, -0.2) is 0 Å². The molecule has 6 nitrogen and oxygen atoms in total. The largest absolute Gasteiger partial charge is 0.493 e. The highest BCUT2D eigenvalue weighted by atomic mass is 33.1. The normalized spacial score (nSPS) is 28.5. The van der Waals surface area contributed by atoms with Gasteiger partial charge in [-0.1, -0.05) is 69.2 Å². The first-order chi connectivity index (χ1) is 39.2. The first-order valence-corrected chi connectivity index (χ1v) is 33.1. The zero-order valence-corrected chi connectivity index (χ0v) is 49.2. The fourth-order valence-corrected chi connectivity index (χ4v) is 19.3. The number of rotatable bonds is 25. The maximum atomic E-state index is 13.3. The molecule has 478 valence electrons. The summed E-state index contributed by atoms with van der Waals surface area (Å²) in [5.74, 6) is 6.93. The molecule has 0 saturated heterocycles. The Hall–Kier alpha value is -1.98. The molecular formula is C56H68F18O6S4. The van der Waals surface area contributed by atoms with Gasteiger partial charge in [0.2, 0.25) is 0 Å². The molecule has 6 aliphatic carbocycles. The van der Waals surface area contributed by atoms with Crippen molar-refractivity contribution >= 4 is 43.2 Å². The minimum atomic E-state index is -6.77. The highest BCUT2D eigenvalue weighted by molar-refractivity contribution is 8.78. The number of aryl methyl sites for hydroxylation is 2. The van der Waals surface area contributed by atoms with E-state index in [-0.39, 0.29) is 48.1 Å². The van der Waals surface area contributed by atoms with Crippen molar-refractivity contribution in [3.8, 4) is 11.5 Å². The van der Waals surface area contributed by atoms with Gasteiger partial charge in [-0.3, -0.25) is 0 Å². The van der Waals surface area contributed by atoms with E-state index >= 15 is 0 Å². The number of hydrogen-bond acceptors (Lipinski definition) is 10. The molecule has 0 heterocycles. The number of ether oxygens (including phenoxy) is 6. The summed E-state index contributed by atoms with van der Waals surface area (Å²) in [5, 5.41) is 0. The van der Waals surface area contributed by atoms with Gasteiger partial charge in [0.05, 0.1) is 38.6 Å². The molecule has 4 saturated carbocycles. The van der Waals surface area contributed by atoms with Crippen LogP contribution >= 0.6 is 43.2 Å². The van der Waals surface area contributed by atoms with Crippen molar-refractivity contribution in [3.63, 3.8) is 0 Å². The van der Waals surface area contributed by atoms with Crippen LogP contribution < -0.4 is 9.47 Å². The molecule has 0 aliphatic heterocycles. The van der Waals surface area contributed by atoms with Crippen LogP contribution in [0, 0.1) is 34.5 Å². The van der Waals surface area contributed by atoms with Gasteiger partial charge in [-0.05, 0) is 183 Å².